The fourth-order valence-electron chi connectivity index (χ4n) is 4.04. The molecule has 3 atom stereocenters. The van der Waals surface area contributed by atoms with E-state index in [0.717, 1.165) is 17.4 Å². The van der Waals surface area contributed by atoms with Gasteiger partial charge in [-0.25, -0.2) is 28.1 Å². The number of esters is 2. The number of aliphatic hydroxyl groups is 2. The highest BCUT2D eigenvalue weighted by Crippen LogP contribution is 2.33. The van der Waals surface area contributed by atoms with Crippen LogP contribution in [0.15, 0.2) is 27.0 Å². The Morgan fingerprint density at radius 1 is 1.03 bits per heavy atom. The first kappa shape index (κ1) is 28.2. The van der Waals surface area contributed by atoms with Crippen LogP contribution in [0.2, 0.25) is 0 Å². The van der Waals surface area contributed by atoms with Crippen molar-refractivity contribution in [3.05, 3.63) is 44.1 Å². The lowest BCUT2D eigenvalue weighted by molar-refractivity contribution is -0.171. The minimum absolute atomic E-state index is 0.178. The normalized spacial score (nSPS) is 19.1. The van der Waals surface area contributed by atoms with Gasteiger partial charge in [-0.3, -0.25) is 9.59 Å². The molecule has 1 aromatic rings. The van der Waals surface area contributed by atoms with Gasteiger partial charge in [0.2, 0.25) is 0 Å². The van der Waals surface area contributed by atoms with Crippen molar-refractivity contribution in [3.63, 3.8) is 0 Å². The van der Waals surface area contributed by atoms with Gasteiger partial charge in [0.25, 0.3) is 0 Å². The number of hydrogen-bond acceptors (Lipinski definition) is 9. The van der Waals surface area contributed by atoms with E-state index in [9.17, 15) is 29.1 Å². The van der Waals surface area contributed by atoms with Gasteiger partial charge in [-0.15, -0.1) is 6.58 Å². The molecule has 12 nitrogen and oxygen atoms in total. The van der Waals surface area contributed by atoms with Gasteiger partial charge in [-0.1, -0.05) is 18.9 Å². The summed E-state index contributed by atoms with van der Waals surface area (Å²) in [5.74, 6) is -2.50. The third-order valence-electron chi connectivity index (χ3n) is 5.61. The number of ether oxygens (including phenoxy) is 2. The molecule has 2 N–H and O–H groups in total. The molecule has 0 bridgehead atoms. The minimum atomic E-state index is -1.44. The highest BCUT2D eigenvalue weighted by atomic mass is 16.6. The molecular formula is C23H35N3O9. The Balaban J connectivity index is 2.14. The molecule has 12 heteroatoms. The number of carbonyl (C=O) groups is 2. The van der Waals surface area contributed by atoms with Crippen LogP contribution in [0.25, 0.3) is 0 Å². The molecule has 1 saturated carbocycles. The average molecular weight is 498 g/mol. The van der Waals surface area contributed by atoms with Gasteiger partial charge in [-0.05, 0) is 33.6 Å². The Morgan fingerprint density at radius 2 is 1.57 bits per heavy atom. The summed E-state index contributed by atoms with van der Waals surface area (Å²) in [5, 5.41) is 19.6. The lowest BCUT2D eigenvalue weighted by Crippen LogP contribution is -2.55. The summed E-state index contributed by atoms with van der Waals surface area (Å²) < 4.78 is 12.7. The zero-order valence-corrected chi connectivity index (χ0v) is 20.5. The third kappa shape index (κ3) is 7.25. The van der Waals surface area contributed by atoms with Crippen LogP contribution in [0.4, 0.5) is 0 Å². The SMILES string of the molecule is C=CCn1c(=O)n(CCO)c(=O)n(CC(O)COC(=O)C2CCCCC2C(=O)OC(C)(C)C)c1=O. The Hall–Kier alpha value is -2.99. The Morgan fingerprint density at radius 3 is 2.11 bits per heavy atom. The van der Waals surface area contributed by atoms with Crippen LogP contribution in [0.5, 0.6) is 0 Å². The van der Waals surface area contributed by atoms with E-state index in [-0.39, 0.29) is 13.1 Å². The van der Waals surface area contributed by atoms with Crippen LogP contribution in [0, 0.1) is 11.8 Å². The van der Waals surface area contributed by atoms with Crippen molar-refractivity contribution in [1.82, 2.24) is 13.7 Å². The molecule has 0 aromatic carbocycles. The number of aliphatic hydroxyl groups excluding tert-OH is 2. The number of carbonyl (C=O) groups excluding carboxylic acids is 2. The molecule has 1 fully saturated rings. The first-order valence-corrected chi connectivity index (χ1v) is 11.6. The molecule has 196 valence electrons. The van der Waals surface area contributed by atoms with Crippen molar-refractivity contribution in [2.75, 3.05) is 13.2 Å². The van der Waals surface area contributed by atoms with Crippen LogP contribution in [-0.2, 0) is 38.7 Å². The highest BCUT2D eigenvalue weighted by molar-refractivity contribution is 5.82. The summed E-state index contributed by atoms with van der Waals surface area (Å²) in [6, 6.07) is 0. The maximum atomic E-state index is 12.7. The lowest BCUT2D eigenvalue weighted by atomic mass is 9.79. The van der Waals surface area contributed by atoms with Crippen LogP contribution in [0.1, 0.15) is 46.5 Å². The zero-order valence-electron chi connectivity index (χ0n) is 20.5. The molecule has 0 saturated heterocycles. The van der Waals surface area contributed by atoms with Gasteiger partial charge in [-0.2, -0.15) is 0 Å². The molecule has 0 aliphatic heterocycles. The summed E-state index contributed by atoms with van der Waals surface area (Å²) in [6.45, 7) is 6.60. The number of aromatic nitrogens is 3. The van der Waals surface area contributed by atoms with Gasteiger partial charge in [0.05, 0.1) is 38.1 Å². The van der Waals surface area contributed by atoms with E-state index in [0.29, 0.717) is 22.0 Å². The number of rotatable bonds is 10. The Bertz CT molecular complexity index is 1090. The summed E-state index contributed by atoms with van der Waals surface area (Å²) in [5.41, 5.74) is -3.57. The molecule has 35 heavy (non-hydrogen) atoms. The summed E-state index contributed by atoms with van der Waals surface area (Å²) >= 11 is 0. The summed E-state index contributed by atoms with van der Waals surface area (Å²) in [6.07, 6.45) is 2.31. The monoisotopic (exact) mass is 497 g/mol. The zero-order chi connectivity index (χ0) is 26.3. The third-order valence-corrected chi connectivity index (χ3v) is 5.61. The molecule has 2 rings (SSSR count). The van der Waals surface area contributed by atoms with Crippen molar-refractivity contribution in [1.29, 1.82) is 0 Å². The average Bonchev–Trinajstić information content (AvgIpc) is 2.79. The van der Waals surface area contributed by atoms with Crippen molar-refractivity contribution in [2.45, 2.75) is 77.8 Å². The van der Waals surface area contributed by atoms with Gasteiger partial charge in [0.1, 0.15) is 18.3 Å². The largest absolute Gasteiger partial charge is 0.463 e. The smallest absolute Gasteiger partial charge is 0.336 e. The second-order valence-corrected chi connectivity index (χ2v) is 9.55. The van der Waals surface area contributed by atoms with E-state index in [1.165, 1.54) is 6.08 Å². The molecular weight excluding hydrogens is 462 g/mol. The fraction of sp³-hybridized carbons (Fsp3) is 0.696. The van der Waals surface area contributed by atoms with E-state index >= 15 is 0 Å². The van der Waals surface area contributed by atoms with Gasteiger partial charge in [0, 0.05) is 0 Å². The number of allylic oxidation sites excluding steroid dienone is 1. The predicted molar refractivity (Wildman–Crippen MR) is 125 cm³/mol. The molecule has 0 radical (unpaired) electrons. The van der Waals surface area contributed by atoms with Crippen molar-refractivity contribution in [3.8, 4) is 0 Å². The van der Waals surface area contributed by atoms with Crippen LogP contribution in [-0.4, -0.2) is 60.8 Å². The summed E-state index contributed by atoms with van der Waals surface area (Å²) in [4.78, 5) is 62.9. The van der Waals surface area contributed by atoms with Crippen LogP contribution >= 0.6 is 0 Å². The van der Waals surface area contributed by atoms with E-state index in [2.05, 4.69) is 6.58 Å². The molecule has 1 aliphatic rings. The van der Waals surface area contributed by atoms with Gasteiger partial charge < -0.3 is 19.7 Å². The van der Waals surface area contributed by atoms with Crippen LogP contribution < -0.4 is 17.1 Å². The molecule has 0 spiro atoms. The molecule has 3 unspecified atom stereocenters. The summed E-state index contributed by atoms with van der Waals surface area (Å²) in [7, 11) is 0. The van der Waals surface area contributed by atoms with E-state index in [1.807, 2.05) is 0 Å². The molecule has 0 amide bonds. The highest BCUT2D eigenvalue weighted by Gasteiger charge is 2.39. The number of nitrogens with zero attached hydrogens (tertiary/aromatic N) is 3. The van der Waals surface area contributed by atoms with E-state index in [1.54, 1.807) is 20.8 Å². The quantitative estimate of drug-likeness (QED) is 0.318. The Labute approximate surface area is 202 Å². The standard InChI is InChI=1S/C23H35N3O9/c1-5-10-24-20(31)25(11-12-27)22(33)26(21(24)32)13-15(28)14-34-18(29)16-8-6-7-9-17(16)19(30)35-23(2,3)4/h5,15-17,27-28H,1,6-14H2,2-4H3. The molecule has 1 aromatic heterocycles. The minimum Gasteiger partial charge on any atom is -0.463 e. The maximum absolute atomic E-state index is 12.7. The molecule has 1 aliphatic carbocycles. The lowest BCUT2D eigenvalue weighted by Gasteiger charge is -2.31. The van der Waals surface area contributed by atoms with E-state index < -0.39 is 72.3 Å². The van der Waals surface area contributed by atoms with Gasteiger partial charge >= 0.3 is 29.0 Å². The first-order valence-electron chi connectivity index (χ1n) is 11.6. The van der Waals surface area contributed by atoms with Crippen molar-refractivity contribution < 1.29 is 29.3 Å². The van der Waals surface area contributed by atoms with E-state index in [4.69, 9.17) is 14.6 Å². The second-order valence-electron chi connectivity index (χ2n) is 9.55. The topological polar surface area (TPSA) is 159 Å². The number of hydrogen-bond donors (Lipinski definition) is 2. The predicted octanol–water partition coefficient (Wildman–Crippen LogP) is -0.598. The van der Waals surface area contributed by atoms with Crippen molar-refractivity contribution >= 4 is 11.9 Å². The first-order chi connectivity index (χ1) is 16.4. The Kier molecular flexibility index (Phi) is 9.78. The van der Waals surface area contributed by atoms with Crippen molar-refractivity contribution in [2.24, 2.45) is 11.8 Å². The molecule has 1 heterocycles. The fourth-order valence-corrected chi connectivity index (χ4v) is 4.04. The maximum Gasteiger partial charge on any atom is 0.336 e. The van der Waals surface area contributed by atoms with Crippen LogP contribution in [0.3, 0.4) is 0 Å². The van der Waals surface area contributed by atoms with Gasteiger partial charge in [0.15, 0.2) is 0 Å². The second kappa shape index (κ2) is 12.1.